The fraction of sp³-hybridized carbons (Fsp3) is 0.150. The van der Waals surface area contributed by atoms with Crippen LogP contribution >= 0.6 is 0 Å². The number of hydrogen-bond acceptors (Lipinski definition) is 2. The summed E-state index contributed by atoms with van der Waals surface area (Å²) >= 11 is 0. The predicted molar refractivity (Wildman–Crippen MR) is 179 cm³/mol. The molecule has 2 N–H and O–H groups in total. The molecule has 2 nitrogen and oxygen atoms in total. The molecule has 2 heteroatoms. The van der Waals surface area contributed by atoms with Crippen LogP contribution in [-0.4, -0.2) is 0 Å². The van der Waals surface area contributed by atoms with Gasteiger partial charge in [0.1, 0.15) is 0 Å². The van der Waals surface area contributed by atoms with E-state index in [-0.39, 0.29) is 0 Å². The Hall–Kier alpha value is -4.82. The van der Waals surface area contributed by atoms with Crippen LogP contribution in [0.2, 0.25) is 0 Å². The van der Waals surface area contributed by atoms with Gasteiger partial charge in [-0.1, -0.05) is 133 Å². The molecular weight excluding hydrogens is 508 g/mol. The number of benzene rings is 3. The minimum absolute atomic E-state index is 0.380. The first-order chi connectivity index (χ1) is 20.8. The molecule has 3 aromatic carbocycles. The van der Waals surface area contributed by atoms with E-state index in [4.69, 9.17) is 0 Å². The van der Waals surface area contributed by atoms with E-state index in [0.29, 0.717) is 17.8 Å². The maximum Gasteiger partial charge on any atom is 0.0482 e. The molecule has 0 radical (unpaired) electrons. The van der Waals surface area contributed by atoms with E-state index in [1.165, 1.54) is 39.2 Å². The first-order valence-corrected chi connectivity index (χ1v) is 15.1. The molecule has 0 spiro atoms. The van der Waals surface area contributed by atoms with Crippen LogP contribution < -0.4 is 10.6 Å². The second-order valence-electron chi connectivity index (χ2n) is 11.4. The molecule has 0 saturated carbocycles. The summed E-state index contributed by atoms with van der Waals surface area (Å²) in [6.07, 6.45) is 30.2. The molecule has 0 fully saturated rings. The molecule has 42 heavy (non-hydrogen) atoms. The Morgan fingerprint density at radius 1 is 0.524 bits per heavy atom. The van der Waals surface area contributed by atoms with Gasteiger partial charge in [-0.05, 0) is 60.2 Å². The summed E-state index contributed by atoms with van der Waals surface area (Å²) in [4.78, 5) is 0. The number of hydrogen-bond donors (Lipinski definition) is 2. The molecule has 7 rings (SSSR count). The predicted octanol–water partition coefficient (Wildman–Crippen LogP) is 10.3. The highest BCUT2D eigenvalue weighted by atomic mass is 14.9. The van der Waals surface area contributed by atoms with Gasteiger partial charge in [0, 0.05) is 46.1 Å². The van der Waals surface area contributed by atoms with Crippen LogP contribution in [-0.2, 0) is 0 Å². The summed E-state index contributed by atoms with van der Waals surface area (Å²) in [5.74, 6) is 1.29. The van der Waals surface area contributed by atoms with Crippen LogP contribution in [0.15, 0.2) is 169 Å². The van der Waals surface area contributed by atoms with Crippen LogP contribution in [0.1, 0.15) is 24.8 Å². The smallest absolute Gasteiger partial charge is 0.0482 e. The molecule has 206 valence electrons. The van der Waals surface area contributed by atoms with Crippen LogP contribution in [0.5, 0.6) is 0 Å². The zero-order chi connectivity index (χ0) is 28.1. The summed E-state index contributed by atoms with van der Waals surface area (Å²) in [7, 11) is 0. The molecule has 3 atom stereocenters. The molecule has 3 aromatic rings. The van der Waals surface area contributed by atoms with E-state index >= 15 is 0 Å². The monoisotopic (exact) mass is 544 g/mol. The Morgan fingerprint density at radius 2 is 1.21 bits per heavy atom. The average molecular weight is 545 g/mol. The van der Waals surface area contributed by atoms with Gasteiger partial charge in [0.15, 0.2) is 0 Å². The maximum atomic E-state index is 3.86. The number of anilines is 2. The lowest BCUT2D eigenvalue weighted by Gasteiger charge is -2.32. The van der Waals surface area contributed by atoms with E-state index in [0.717, 1.165) is 30.6 Å². The lowest BCUT2D eigenvalue weighted by Crippen LogP contribution is -2.22. The number of allylic oxidation sites excluding steroid dienone is 16. The highest BCUT2D eigenvalue weighted by Crippen LogP contribution is 2.41. The van der Waals surface area contributed by atoms with Crippen molar-refractivity contribution in [2.45, 2.75) is 19.3 Å². The van der Waals surface area contributed by atoms with Crippen molar-refractivity contribution in [1.29, 1.82) is 0 Å². The summed E-state index contributed by atoms with van der Waals surface area (Å²) < 4.78 is 0. The van der Waals surface area contributed by atoms with E-state index in [1.807, 2.05) is 0 Å². The van der Waals surface area contributed by atoms with Gasteiger partial charge < -0.3 is 10.6 Å². The van der Waals surface area contributed by atoms with Crippen molar-refractivity contribution in [3.8, 4) is 11.1 Å². The summed E-state index contributed by atoms with van der Waals surface area (Å²) in [5.41, 5.74) is 11.3. The summed E-state index contributed by atoms with van der Waals surface area (Å²) in [6, 6.07) is 28.0. The second-order valence-corrected chi connectivity index (χ2v) is 11.4. The minimum Gasteiger partial charge on any atom is -0.358 e. The third-order valence-electron chi connectivity index (χ3n) is 8.70. The molecule has 0 heterocycles. The lowest BCUT2D eigenvalue weighted by atomic mass is 9.73. The van der Waals surface area contributed by atoms with E-state index in [2.05, 4.69) is 162 Å². The quantitative estimate of drug-likeness (QED) is 0.309. The van der Waals surface area contributed by atoms with E-state index in [9.17, 15) is 0 Å². The van der Waals surface area contributed by atoms with E-state index in [1.54, 1.807) is 0 Å². The Labute approximate surface area is 249 Å². The second kappa shape index (κ2) is 12.0. The topological polar surface area (TPSA) is 24.1 Å². The van der Waals surface area contributed by atoms with Crippen LogP contribution in [0.4, 0.5) is 11.4 Å². The Morgan fingerprint density at radius 3 is 1.98 bits per heavy atom. The Kier molecular flexibility index (Phi) is 7.43. The zero-order valence-corrected chi connectivity index (χ0v) is 23.8. The Balaban J connectivity index is 1.15. The van der Waals surface area contributed by atoms with Crippen molar-refractivity contribution < 1.29 is 0 Å². The van der Waals surface area contributed by atoms with Gasteiger partial charge in [0.05, 0.1) is 0 Å². The van der Waals surface area contributed by atoms with Crippen LogP contribution in [0.25, 0.3) is 16.7 Å². The molecule has 0 amide bonds. The van der Waals surface area contributed by atoms with Crippen molar-refractivity contribution >= 4 is 16.9 Å². The van der Waals surface area contributed by atoms with Gasteiger partial charge >= 0.3 is 0 Å². The number of nitrogens with one attached hydrogen (secondary N) is 2. The SMILES string of the molecule is C1=CC(C2=CC=CC3C=CC=CC23)CC(Nc2cccc(NC3=CC=C(c4ccccc4)CC3)c2-c2ccccc2)=C1. The van der Waals surface area contributed by atoms with Crippen molar-refractivity contribution in [3.63, 3.8) is 0 Å². The van der Waals surface area contributed by atoms with Crippen molar-refractivity contribution in [2.24, 2.45) is 17.8 Å². The molecule has 4 aliphatic rings. The highest BCUT2D eigenvalue weighted by molar-refractivity contribution is 5.90. The van der Waals surface area contributed by atoms with Crippen LogP contribution in [0, 0.1) is 17.8 Å². The van der Waals surface area contributed by atoms with E-state index < -0.39 is 0 Å². The molecule has 0 aliphatic heterocycles. The Bertz CT molecular complexity index is 1690. The standard InChI is InChI=1S/C40H36N2/c1-3-12-29(13-4-1)30-24-26-34(27-25-30)41-38-22-11-23-39(40(38)32-15-5-2-6-16-32)42-35-19-9-18-33(28-35)37-21-10-17-31-14-7-8-20-36(31)37/h1-24,26,31,33,36,41-42H,25,27-28H2. The van der Waals surface area contributed by atoms with Gasteiger partial charge in [-0.3, -0.25) is 0 Å². The third kappa shape index (κ3) is 5.53. The number of rotatable bonds is 7. The minimum atomic E-state index is 0.380. The molecule has 0 saturated heterocycles. The highest BCUT2D eigenvalue weighted by Gasteiger charge is 2.28. The first kappa shape index (κ1) is 26.1. The normalized spacial score (nSPS) is 22.4. The van der Waals surface area contributed by atoms with Crippen molar-refractivity contribution in [2.75, 3.05) is 10.6 Å². The van der Waals surface area contributed by atoms with Gasteiger partial charge in [-0.15, -0.1) is 0 Å². The lowest BCUT2D eigenvalue weighted by molar-refractivity contribution is 0.550. The molecule has 0 aromatic heterocycles. The van der Waals surface area contributed by atoms with Gasteiger partial charge in [0.2, 0.25) is 0 Å². The first-order valence-electron chi connectivity index (χ1n) is 15.1. The molecule has 3 unspecified atom stereocenters. The van der Waals surface area contributed by atoms with Gasteiger partial charge in [-0.2, -0.15) is 0 Å². The number of fused-ring (bicyclic) bond motifs is 1. The fourth-order valence-electron chi connectivity index (χ4n) is 6.58. The molecule has 0 bridgehead atoms. The fourth-order valence-corrected chi connectivity index (χ4v) is 6.58. The molecular formula is C40H36N2. The summed E-state index contributed by atoms with van der Waals surface area (Å²) in [5, 5.41) is 7.66. The summed E-state index contributed by atoms with van der Waals surface area (Å²) in [6.45, 7) is 0. The average Bonchev–Trinajstić information content (AvgIpc) is 3.06. The molecule has 4 aliphatic carbocycles. The van der Waals surface area contributed by atoms with Crippen LogP contribution in [0.3, 0.4) is 0 Å². The zero-order valence-electron chi connectivity index (χ0n) is 23.8. The maximum absolute atomic E-state index is 3.86. The third-order valence-corrected chi connectivity index (χ3v) is 8.70. The van der Waals surface area contributed by atoms with Gasteiger partial charge in [-0.25, -0.2) is 0 Å². The van der Waals surface area contributed by atoms with Crippen molar-refractivity contribution in [3.05, 3.63) is 174 Å². The largest absolute Gasteiger partial charge is 0.358 e. The van der Waals surface area contributed by atoms with Gasteiger partial charge in [0.25, 0.3) is 0 Å². The van der Waals surface area contributed by atoms with Crippen molar-refractivity contribution in [1.82, 2.24) is 0 Å².